The number of aliphatic carboxylic acids is 1. The average molecular weight is 520 g/mol. The Morgan fingerprint density at radius 2 is 1.74 bits per heavy atom. The highest BCUT2D eigenvalue weighted by atomic mass is 79.9. The topological polar surface area (TPSA) is 75.6 Å². The van der Waals surface area contributed by atoms with E-state index in [1.807, 2.05) is 13.8 Å². The first-order valence-corrected chi connectivity index (χ1v) is 10.0. The van der Waals surface area contributed by atoms with Gasteiger partial charge >= 0.3 is 5.97 Å². The zero-order valence-corrected chi connectivity index (χ0v) is 18.6. The number of carboxylic acids is 1. The maximum atomic E-state index is 11.9. The van der Waals surface area contributed by atoms with Crippen LogP contribution in [-0.2, 0) is 22.6 Å². The minimum Gasteiger partial charge on any atom is -0.487 e. The molecule has 1 amide bonds. The molecule has 0 saturated heterocycles. The van der Waals surface area contributed by atoms with E-state index in [0.717, 1.165) is 5.56 Å². The van der Waals surface area contributed by atoms with Gasteiger partial charge in [0.15, 0.2) is 0 Å². The molecular weight excluding hydrogens is 501 g/mol. The SMILES string of the molecule is CC(C)C(=O)Nc1cc(Cl)cc(COc2c(Br)cc(CC(=O)O)cc2Br)c1. The molecule has 2 N–H and O–H groups in total. The highest BCUT2D eigenvalue weighted by Gasteiger charge is 2.13. The molecule has 5 nitrogen and oxygen atoms in total. The van der Waals surface area contributed by atoms with Crippen LogP contribution in [0.15, 0.2) is 39.3 Å². The maximum absolute atomic E-state index is 11.9. The quantitative estimate of drug-likeness (QED) is 0.495. The lowest BCUT2D eigenvalue weighted by Gasteiger charge is -2.14. The summed E-state index contributed by atoms with van der Waals surface area (Å²) in [6.07, 6.45) is -0.0787. The second-order valence-corrected chi connectivity index (χ2v) is 8.38. The summed E-state index contributed by atoms with van der Waals surface area (Å²) in [5, 5.41) is 12.2. The van der Waals surface area contributed by atoms with E-state index in [-0.39, 0.29) is 24.9 Å². The molecule has 0 aromatic heterocycles. The summed E-state index contributed by atoms with van der Waals surface area (Å²) >= 11 is 13.0. The molecule has 0 fully saturated rings. The van der Waals surface area contributed by atoms with Crippen LogP contribution in [0.4, 0.5) is 5.69 Å². The Morgan fingerprint density at radius 1 is 1.11 bits per heavy atom. The van der Waals surface area contributed by atoms with E-state index in [2.05, 4.69) is 37.2 Å². The van der Waals surface area contributed by atoms with Gasteiger partial charge in [-0.1, -0.05) is 25.4 Å². The number of amides is 1. The van der Waals surface area contributed by atoms with Crippen molar-refractivity contribution in [2.75, 3.05) is 5.32 Å². The summed E-state index contributed by atoms with van der Waals surface area (Å²) < 4.78 is 7.15. The predicted octanol–water partition coefficient (Wildman–Crippen LogP) is 5.67. The van der Waals surface area contributed by atoms with Gasteiger partial charge in [-0.05, 0) is 73.3 Å². The number of hydrogen-bond acceptors (Lipinski definition) is 3. The van der Waals surface area contributed by atoms with Gasteiger partial charge in [-0.15, -0.1) is 0 Å². The van der Waals surface area contributed by atoms with Crippen molar-refractivity contribution in [1.29, 1.82) is 0 Å². The number of halogens is 3. The van der Waals surface area contributed by atoms with E-state index in [1.54, 1.807) is 30.3 Å². The predicted molar refractivity (Wildman–Crippen MR) is 112 cm³/mol. The van der Waals surface area contributed by atoms with Gasteiger partial charge in [0.25, 0.3) is 0 Å². The van der Waals surface area contributed by atoms with Gasteiger partial charge in [0, 0.05) is 16.6 Å². The van der Waals surface area contributed by atoms with Gasteiger partial charge in [0.05, 0.1) is 15.4 Å². The second kappa shape index (κ2) is 9.57. The first-order valence-electron chi connectivity index (χ1n) is 8.08. The van der Waals surface area contributed by atoms with Crippen LogP contribution in [-0.4, -0.2) is 17.0 Å². The van der Waals surface area contributed by atoms with Gasteiger partial charge in [-0.3, -0.25) is 9.59 Å². The van der Waals surface area contributed by atoms with E-state index < -0.39 is 5.97 Å². The largest absolute Gasteiger partial charge is 0.487 e. The first-order chi connectivity index (χ1) is 12.7. The molecule has 2 rings (SSSR count). The minimum absolute atomic E-state index is 0.0787. The van der Waals surface area contributed by atoms with E-state index in [0.29, 0.717) is 31.0 Å². The number of carbonyl (C=O) groups is 2. The van der Waals surface area contributed by atoms with Crippen molar-refractivity contribution >= 4 is 61.0 Å². The van der Waals surface area contributed by atoms with Crippen LogP contribution in [0.1, 0.15) is 25.0 Å². The molecule has 27 heavy (non-hydrogen) atoms. The molecule has 0 heterocycles. The number of rotatable bonds is 7. The third-order valence-electron chi connectivity index (χ3n) is 3.55. The fourth-order valence-electron chi connectivity index (χ4n) is 2.27. The molecule has 0 saturated carbocycles. The van der Waals surface area contributed by atoms with Crippen molar-refractivity contribution in [2.24, 2.45) is 5.92 Å². The molecule has 0 spiro atoms. The molecule has 144 valence electrons. The number of benzene rings is 2. The van der Waals surface area contributed by atoms with Gasteiger partial charge in [0.1, 0.15) is 12.4 Å². The number of nitrogens with one attached hydrogen (secondary N) is 1. The Bertz CT molecular complexity index is 848. The lowest BCUT2D eigenvalue weighted by atomic mass is 10.1. The van der Waals surface area contributed by atoms with E-state index >= 15 is 0 Å². The van der Waals surface area contributed by atoms with Crippen LogP contribution in [0, 0.1) is 5.92 Å². The Kier molecular flexibility index (Phi) is 7.70. The lowest BCUT2D eigenvalue weighted by molar-refractivity contribution is -0.136. The monoisotopic (exact) mass is 517 g/mol. The Labute approximate surface area is 179 Å². The van der Waals surface area contributed by atoms with Crippen LogP contribution in [0.25, 0.3) is 0 Å². The fraction of sp³-hybridized carbons (Fsp3) is 0.263. The van der Waals surface area contributed by atoms with E-state index in [9.17, 15) is 9.59 Å². The first kappa shape index (κ1) is 21.7. The van der Waals surface area contributed by atoms with E-state index in [1.165, 1.54) is 0 Å². The fourth-order valence-corrected chi connectivity index (χ4v) is 4.04. The Balaban J connectivity index is 2.15. The summed E-state index contributed by atoms with van der Waals surface area (Å²) in [7, 11) is 0. The molecule has 0 atom stereocenters. The van der Waals surface area contributed by atoms with Crippen LogP contribution in [0.2, 0.25) is 5.02 Å². The van der Waals surface area contributed by atoms with Gasteiger partial charge in [-0.2, -0.15) is 0 Å². The summed E-state index contributed by atoms with van der Waals surface area (Å²) in [6.45, 7) is 3.85. The molecule has 0 bridgehead atoms. The minimum atomic E-state index is -0.905. The molecule has 2 aromatic carbocycles. The van der Waals surface area contributed by atoms with Gasteiger partial charge in [-0.25, -0.2) is 0 Å². The summed E-state index contributed by atoms with van der Waals surface area (Å²) in [6, 6.07) is 8.65. The number of carbonyl (C=O) groups excluding carboxylic acids is 1. The Morgan fingerprint density at radius 3 is 2.30 bits per heavy atom. The Hall–Kier alpha value is -1.57. The maximum Gasteiger partial charge on any atom is 0.307 e. The van der Waals surface area contributed by atoms with Crippen LogP contribution >= 0.6 is 43.5 Å². The summed E-state index contributed by atoms with van der Waals surface area (Å²) in [5.41, 5.74) is 2.04. The zero-order chi connectivity index (χ0) is 20.1. The number of hydrogen-bond donors (Lipinski definition) is 2. The standard InChI is InChI=1S/C19H18Br2ClNO4/c1-10(2)19(26)23-14-4-12(3-13(22)8-14)9-27-18-15(20)5-11(6-16(18)21)7-17(24)25/h3-6,8,10H,7,9H2,1-2H3,(H,23,26)(H,24,25). The van der Waals surface area contributed by atoms with Crippen molar-refractivity contribution in [2.45, 2.75) is 26.9 Å². The van der Waals surface area contributed by atoms with E-state index in [4.69, 9.17) is 21.4 Å². The zero-order valence-electron chi connectivity index (χ0n) is 14.7. The van der Waals surface area contributed by atoms with Crippen LogP contribution in [0.3, 0.4) is 0 Å². The smallest absolute Gasteiger partial charge is 0.307 e. The third-order valence-corrected chi connectivity index (χ3v) is 4.94. The second-order valence-electron chi connectivity index (χ2n) is 6.24. The van der Waals surface area contributed by atoms with Crippen molar-refractivity contribution in [1.82, 2.24) is 0 Å². The van der Waals surface area contributed by atoms with Gasteiger partial charge in [0.2, 0.25) is 5.91 Å². The number of anilines is 1. The molecular formula is C19H18Br2ClNO4. The molecule has 8 heteroatoms. The number of carboxylic acid groups (broad SMARTS) is 1. The number of ether oxygens (including phenoxy) is 1. The molecule has 0 aliphatic heterocycles. The third kappa shape index (κ3) is 6.52. The highest BCUT2D eigenvalue weighted by molar-refractivity contribution is 9.11. The molecule has 0 aliphatic rings. The molecule has 0 radical (unpaired) electrons. The van der Waals surface area contributed by atoms with Crippen LogP contribution < -0.4 is 10.1 Å². The molecule has 0 unspecified atom stereocenters. The van der Waals surface area contributed by atoms with Crippen molar-refractivity contribution in [3.63, 3.8) is 0 Å². The van der Waals surface area contributed by atoms with Crippen molar-refractivity contribution < 1.29 is 19.4 Å². The summed E-state index contributed by atoms with van der Waals surface area (Å²) in [4.78, 5) is 22.7. The van der Waals surface area contributed by atoms with Crippen LogP contribution in [0.5, 0.6) is 5.75 Å². The highest BCUT2D eigenvalue weighted by Crippen LogP contribution is 2.35. The average Bonchev–Trinajstić information content (AvgIpc) is 2.52. The van der Waals surface area contributed by atoms with Crippen molar-refractivity contribution in [3.8, 4) is 5.75 Å². The molecule has 0 aliphatic carbocycles. The van der Waals surface area contributed by atoms with Gasteiger partial charge < -0.3 is 15.2 Å². The molecule has 2 aromatic rings. The summed E-state index contributed by atoms with van der Waals surface area (Å²) in [5.74, 6) is -0.585. The van der Waals surface area contributed by atoms with Crippen molar-refractivity contribution in [3.05, 3.63) is 55.4 Å². The lowest BCUT2D eigenvalue weighted by Crippen LogP contribution is -2.17. The normalized spacial score (nSPS) is 10.7.